The SMILES string of the molecule is C[Si](C)(C)C#Cc1sc([Si](C)(C)C)c(C#C[Si](C)(C)C)c1[Si](C)(C)C. The van der Waals surface area contributed by atoms with Crippen LogP contribution in [0.3, 0.4) is 0 Å². The summed E-state index contributed by atoms with van der Waals surface area (Å²) in [7, 11) is -5.74. The molecule has 0 fully saturated rings. The molecule has 0 aliphatic carbocycles. The minimum Gasteiger partial charge on any atom is -0.135 e. The Morgan fingerprint density at radius 1 is 0.600 bits per heavy atom. The molecule has 0 atom stereocenters. The summed E-state index contributed by atoms with van der Waals surface area (Å²) < 4.78 is 1.57. The zero-order chi connectivity index (χ0) is 19.8. The van der Waals surface area contributed by atoms with E-state index in [0.29, 0.717) is 0 Å². The number of rotatable bonds is 2. The van der Waals surface area contributed by atoms with E-state index in [-0.39, 0.29) is 0 Å². The van der Waals surface area contributed by atoms with Gasteiger partial charge in [0.1, 0.15) is 16.1 Å². The zero-order valence-electron chi connectivity index (χ0n) is 18.4. The van der Waals surface area contributed by atoms with Gasteiger partial charge < -0.3 is 0 Å². The predicted octanol–water partition coefficient (Wildman–Crippen LogP) is 5.30. The maximum Gasteiger partial charge on any atom is 0.129 e. The summed E-state index contributed by atoms with van der Waals surface area (Å²) in [5.74, 6) is 7.31. The van der Waals surface area contributed by atoms with Crippen LogP contribution in [0.25, 0.3) is 0 Å². The number of hydrogen-bond donors (Lipinski definition) is 0. The first-order valence-electron chi connectivity index (χ1n) is 9.16. The van der Waals surface area contributed by atoms with Gasteiger partial charge in [-0.1, -0.05) is 90.4 Å². The van der Waals surface area contributed by atoms with Crippen molar-refractivity contribution >= 4 is 53.3 Å². The van der Waals surface area contributed by atoms with Crippen LogP contribution in [0.1, 0.15) is 10.4 Å². The molecule has 0 amide bonds. The average molecular weight is 421 g/mol. The largest absolute Gasteiger partial charge is 0.135 e. The molecular formula is C20H36SSi4. The van der Waals surface area contributed by atoms with E-state index >= 15 is 0 Å². The van der Waals surface area contributed by atoms with E-state index in [0.717, 1.165) is 0 Å². The summed E-state index contributed by atoms with van der Waals surface area (Å²) in [5.41, 5.74) is 8.64. The van der Waals surface area contributed by atoms with Gasteiger partial charge in [0.2, 0.25) is 0 Å². The van der Waals surface area contributed by atoms with Crippen molar-refractivity contribution in [3.05, 3.63) is 10.4 Å². The molecule has 0 nitrogen and oxygen atoms in total. The highest BCUT2D eigenvalue weighted by atomic mass is 32.1. The van der Waals surface area contributed by atoms with Crippen LogP contribution >= 0.6 is 11.3 Å². The highest BCUT2D eigenvalue weighted by molar-refractivity contribution is 7.28. The molecule has 0 saturated heterocycles. The predicted molar refractivity (Wildman–Crippen MR) is 131 cm³/mol. The van der Waals surface area contributed by atoms with Gasteiger partial charge in [-0.25, -0.2) is 0 Å². The van der Waals surface area contributed by atoms with Gasteiger partial charge >= 0.3 is 0 Å². The molecule has 0 spiro atoms. The lowest BCUT2D eigenvalue weighted by Crippen LogP contribution is -2.44. The topological polar surface area (TPSA) is 0 Å². The lowest BCUT2D eigenvalue weighted by molar-refractivity contribution is 1.70. The van der Waals surface area contributed by atoms with Gasteiger partial charge in [0.25, 0.3) is 0 Å². The Kier molecular flexibility index (Phi) is 6.70. The molecule has 1 heterocycles. The molecule has 5 heteroatoms. The van der Waals surface area contributed by atoms with Gasteiger partial charge in [-0.05, 0) is 5.19 Å². The van der Waals surface area contributed by atoms with Gasteiger partial charge in [-0.15, -0.1) is 22.4 Å². The van der Waals surface area contributed by atoms with E-state index in [1.807, 2.05) is 11.3 Å². The molecule has 0 aliphatic heterocycles. The second kappa shape index (κ2) is 7.36. The molecule has 1 rings (SSSR count). The minimum absolute atomic E-state index is 1.33. The van der Waals surface area contributed by atoms with Crippen LogP contribution < -0.4 is 9.69 Å². The third-order valence-electron chi connectivity index (χ3n) is 3.45. The van der Waals surface area contributed by atoms with Crippen molar-refractivity contribution in [3.63, 3.8) is 0 Å². The van der Waals surface area contributed by atoms with Crippen molar-refractivity contribution in [1.82, 2.24) is 0 Å². The van der Waals surface area contributed by atoms with Crippen molar-refractivity contribution in [3.8, 4) is 22.9 Å². The Hall–Kier alpha value is -0.312. The molecule has 25 heavy (non-hydrogen) atoms. The second-order valence-corrected chi connectivity index (χ2v) is 31.9. The molecule has 138 valence electrons. The van der Waals surface area contributed by atoms with E-state index in [1.165, 1.54) is 15.6 Å². The third-order valence-corrected chi connectivity index (χ3v) is 12.1. The van der Waals surface area contributed by atoms with Gasteiger partial charge in [0.05, 0.1) is 21.0 Å². The molecular weight excluding hydrogens is 385 g/mol. The second-order valence-electron chi connectivity index (χ2n) is 11.0. The van der Waals surface area contributed by atoms with E-state index in [4.69, 9.17) is 0 Å². The fourth-order valence-electron chi connectivity index (χ4n) is 2.38. The van der Waals surface area contributed by atoms with Crippen molar-refractivity contribution in [2.45, 2.75) is 78.6 Å². The lowest BCUT2D eigenvalue weighted by Gasteiger charge is -2.20. The Balaban J connectivity index is 3.84. The molecule has 0 N–H and O–H groups in total. The van der Waals surface area contributed by atoms with Gasteiger partial charge in [0, 0.05) is 10.1 Å². The molecule has 1 aromatic rings. The van der Waals surface area contributed by atoms with E-state index in [2.05, 4.69) is 101 Å². The average Bonchev–Trinajstić information content (AvgIpc) is 2.70. The van der Waals surface area contributed by atoms with Crippen LogP contribution in [0, 0.1) is 22.9 Å². The fourth-order valence-corrected chi connectivity index (χ4v) is 9.67. The van der Waals surface area contributed by atoms with Crippen LogP contribution in [-0.4, -0.2) is 32.3 Å². The summed E-state index contributed by atoms with van der Waals surface area (Å²) >= 11 is 1.97. The van der Waals surface area contributed by atoms with E-state index in [9.17, 15) is 0 Å². The smallest absolute Gasteiger partial charge is 0.129 e. The number of thiophene rings is 1. The molecule has 0 aliphatic rings. The lowest BCUT2D eigenvalue weighted by atomic mass is 10.3. The van der Waals surface area contributed by atoms with E-state index < -0.39 is 32.3 Å². The first-order chi connectivity index (χ1) is 10.9. The molecule has 0 unspecified atom stereocenters. The fraction of sp³-hybridized carbons (Fsp3) is 0.600. The highest BCUT2D eigenvalue weighted by Gasteiger charge is 2.32. The first kappa shape index (κ1) is 22.7. The van der Waals surface area contributed by atoms with Gasteiger partial charge in [-0.2, -0.15) is 0 Å². The van der Waals surface area contributed by atoms with Crippen LogP contribution in [0.5, 0.6) is 0 Å². The van der Waals surface area contributed by atoms with Crippen LogP contribution in [-0.2, 0) is 0 Å². The Labute approximate surface area is 164 Å². The van der Waals surface area contributed by atoms with Crippen molar-refractivity contribution in [2.24, 2.45) is 0 Å². The zero-order valence-corrected chi connectivity index (χ0v) is 23.2. The van der Waals surface area contributed by atoms with Gasteiger partial charge in [-0.3, -0.25) is 0 Å². The molecule has 1 aromatic heterocycles. The summed E-state index contributed by atoms with van der Waals surface area (Å²) in [5, 5.41) is 1.53. The summed E-state index contributed by atoms with van der Waals surface area (Å²) in [6.45, 7) is 28.7. The Bertz CT molecular complexity index is 752. The molecule has 0 radical (unpaired) electrons. The summed E-state index contributed by atoms with van der Waals surface area (Å²) in [6.07, 6.45) is 0. The quantitative estimate of drug-likeness (QED) is 0.450. The third kappa shape index (κ3) is 7.07. The highest BCUT2D eigenvalue weighted by Crippen LogP contribution is 2.20. The Morgan fingerprint density at radius 3 is 1.40 bits per heavy atom. The summed E-state index contributed by atoms with van der Waals surface area (Å²) in [4.78, 5) is 1.33. The number of hydrogen-bond acceptors (Lipinski definition) is 1. The molecule has 0 bridgehead atoms. The summed E-state index contributed by atoms with van der Waals surface area (Å²) in [6, 6.07) is 0. The van der Waals surface area contributed by atoms with Gasteiger partial charge in [0.15, 0.2) is 0 Å². The molecule has 0 saturated carbocycles. The first-order valence-corrected chi connectivity index (χ1v) is 24.0. The minimum atomic E-state index is -1.51. The van der Waals surface area contributed by atoms with Crippen LogP contribution in [0.4, 0.5) is 0 Å². The van der Waals surface area contributed by atoms with Crippen molar-refractivity contribution in [1.29, 1.82) is 0 Å². The molecule has 0 aromatic carbocycles. The van der Waals surface area contributed by atoms with E-state index in [1.54, 1.807) is 4.50 Å². The van der Waals surface area contributed by atoms with Crippen molar-refractivity contribution in [2.75, 3.05) is 0 Å². The standard InChI is InChI=1S/C20H36SSi4/c1-22(2,3)15-13-17-19(24(7,8)9)18(14-16-23(4,5)6)21-20(17)25(10,11)12/h1-12H3. The maximum absolute atomic E-state index is 3.69. The normalized spacial score (nSPS) is 13.0. The Morgan fingerprint density at radius 2 is 1.04 bits per heavy atom. The van der Waals surface area contributed by atoms with Crippen LogP contribution in [0.15, 0.2) is 0 Å². The van der Waals surface area contributed by atoms with Crippen LogP contribution in [0.2, 0.25) is 78.6 Å². The monoisotopic (exact) mass is 420 g/mol. The maximum atomic E-state index is 3.69. The van der Waals surface area contributed by atoms with Crippen molar-refractivity contribution < 1.29 is 0 Å².